The molecule has 1 fully saturated rings. The average molecular weight is 264 g/mol. The first-order valence-electron chi connectivity index (χ1n) is 6.93. The van der Waals surface area contributed by atoms with Gasteiger partial charge < -0.3 is 10.2 Å². The number of rotatable bonds is 5. The van der Waals surface area contributed by atoms with Gasteiger partial charge in [-0.1, -0.05) is 11.6 Å². The second kappa shape index (κ2) is 6.66. The lowest BCUT2D eigenvalue weighted by Gasteiger charge is -2.14. The number of amides is 1. The van der Waals surface area contributed by atoms with Crippen LogP contribution in [0.1, 0.15) is 35.2 Å². The molecule has 4 heteroatoms. The number of nitrogens with one attached hydrogen (secondary N) is 1. The summed E-state index contributed by atoms with van der Waals surface area (Å²) >= 11 is 0. The Bertz CT molecular complexity index is 442. The van der Waals surface area contributed by atoms with Gasteiger partial charge in [0.05, 0.1) is 5.56 Å². The monoisotopic (exact) mass is 264 g/mol. The van der Waals surface area contributed by atoms with Crippen molar-refractivity contribution < 1.29 is 9.18 Å². The van der Waals surface area contributed by atoms with Crippen LogP contribution in [0.25, 0.3) is 0 Å². The van der Waals surface area contributed by atoms with E-state index in [0.29, 0.717) is 6.54 Å². The Kier molecular flexibility index (Phi) is 4.91. The van der Waals surface area contributed by atoms with Crippen LogP contribution < -0.4 is 5.32 Å². The van der Waals surface area contributed by atoms with Crippen LogP contribution in [0.5, 0.6) is 0 Å². The van der Waals surface area contributed by atoms with Crippen molar-refractivity contribution >= 4 is 5.91 Å². The van der Waals surface area contributed by atoms with E-state index < -0.39 is 5.82 Å². The molecule has 1 aromatic rings. The summed E-state index contributed by atoms with van der Waals surface area (Å²) in [7, 11) is 0. The van der Waals surface area contributed by atoms with E-state index in [-0.39, 0.29) is 11.5 Å². The molecule has 1 amide bonds. The first kappa shape index (κ1) is 14.0. The van der Waals surface area contributed by atoms with E-state index in [1.54, 1.807) is 12.1 Å². The summed E-state index contributed by atoms with van der Waals surface area (Å²) in [6.45, 7) is 5.80. The van der Waals surface area contributed by atoms with Gasteiger partial charge in [0, 0.05) is 6.54 Å². The molecule has 0 unspecified atom stereocenters. The standard InChI is InChI=1S/C15H21FN2O/c1-12-5-6-14(16)13(11-12)15(19)17-7-4-10-18-8-2-3-9-18/h5-6,11H,2-4,7-10H2,1H3,(H,17,19). The summed E-state index contributed by atoms with van der Waals surface area (Å²) in [6, 6.07) is 4.60. The number of carbonyl (C=O) groups excluding carboxylic acids is 1. The lowest BCUT2D eigenvalue weighted by atomic mass is 10.1. The fraction of sp³-hybridized carbons (Fsp3) is 0.533. The Hall–Kier alpha value is -1.42. The lowest BCUT2D eigenvalue weighted by Crippen LogP contribution is -2.29. The van der Waals surface area contributed by atoms with Crippen molar-refractivity contribution in [2.45, 2.75) is 26.2 Å². The minimum absolute atomic E-state index is 0.140. The van der Waals surface area contributed by atoms with Gasteiger partial charge in [0.15, 0.2) is 0 Å². The third kappa shape index (κ3) is 4.03. The molecule has 0 radical (unpaired) electrons. The molecule has 0 spiro atoms. The molecule has 1 aromatic carbocycles. The van der Waals surface area contributed by atoms with Gasteiger partial charge >= 0.3 is 0 Å². The third-order valence-corrected chi connectivity index (χ3v) is 3.50. The summed E-state index contributed by atoms with van der Waals surface area (Å²) < 4.78 is 13.5. The van der Waals surface area contributed by atoms with Crippen LogP contribution >= 0.6 is 0 Å². The van der Waals surface area contributed by atoms with Gasteiger partial charge in [0.2, 0.25) is 0 Å². The first-order valence-corrected chi connectivity index (χ1v) is 6.93. The van der Waals surface area contributed by atoms with Crippen molar-refractivity contribution in [2.24, 2.45) is 0 Å². The molecule has 1 aliphatic rings. The zero-order chi connectivity index (χ0) is 13.7. The van der Waals surface area contributed by atoms with Gasteiger partial charge in [-0.25, -0.2) is 4.39 Å². The maximum Gasteiger partial charge on any atom is 0.254 e. The van der Waals surface area contributed by atoms with E-state index in [2.05, 4.69) is 10.2 Å². The predicted molar refractivity (Wildman–Crippen MR) is 73.8 cm³/mol. The summed E-state index contributed by atoms with van der Waals surface area (Å²) in [4.78, 5) is 14.3. The number of halogens is 1. The van der Waals surface area contributed by atoms with Crippen molar-refractivity contribution in [1.82, 2.24) is 10.2 Å². The molecular formula is C15H21FN2O. The van der Waals surface area contributed by atoms with E-state index >= 15 is 0 Å². The smallest absolute Gasteiger partial charge is 0.254 e. The third-order valence-electron chi connectivity index (χ3n) is 3.50. The van der Waals surface area contributed by atoms with Crippen LogP contribution in [-0.4, -0.2) is 37.0 Å². The van der Waals surface area contributed by atoms with Gasteiger partial charge in [-0.3, -0.25) is 4.79 Å². The van der Waals surface area contributed by atoms with Gasteiger partial charge in [-0.2, -0.15) is 0 Å². The zero-order valence-electron chi connectivity index (χ0n) is 11.4. The van der Waals surface area contributed by atoms with Gasteiger partial charge in [0.25, 0.3) is 5.91 Å². The molecule has 1 aliphatic heterocycles. The van der Waals surface area contributed by atoms with E-state index in [4.69, 9.17) is 0 Å². The number of aryl methyl sites for hydroxylation is 1. The summed E-state index contributed by atoms with van der Waals surface area (Å²) in [5, 5.41) is 2.79. The number of benzene rings is 1. The van der Waals surface area contributed by atoms with E-state index in [1.165, 1.54) is 32.0 Å². The Morgan fingerprint density at radius 2 is 2.11 bits per heavy atom. The highest BCUT2D eigenvalue weighted by molar-refractivity contribution is 5.94. The summed E-state index contributed by atoms with van der Waals surface area (Å²) in [5.41, 5.74) is 1.03. The highest BCUT2D eigenvalue weighted by Crippen LogP contribution is 2.10. The van der Waals surface area contributed by atoms with Crippen LogP contribution in [-0.2, 0) is 0 Å². The quantitative estimate of drug-likeness (QED) is 0.828. The maximum atomic E-state index is 13.5. The molecule has 0 saturated carbocycles. The molecule has 0 bridgehead atoms. The second-order valence-corrected chi connectivity index (χ2v) is 5.14. The highest BCUT2D eigenvalue weighted by atomic mass is 19.1. The van der Waals surface area contributed by atoms with Crippen molar-refractivity contribution in [3.05, 3.63) is 35.1 Å². The fourth-order valence-electron chi connectivity index (χ4n) is 2.42. The Morgan fingerprint density at radius 3 is 2.84 bits per heavy atom. The Morgan fingerprint density at radius 1 is 1.37 bits per heavy atom. The molecule has 1 saturated heterocycles. The van der Waals surface area contributed by atoms with Gasteiger partial charge in [-0.15, -0.1) is 0 Å². The topological polar surface area (TPSA) is 32.3 Å². The molecule has 1 heterocycles. The second-order valence-electron chi connectivity index (χ2n) is 5.14. The molecule has 2 rings (SSSR count). The molecule has 104 valence electrons. The largest absolute Gasteiger partial charge is 0.352 e. The van der Waals surface area contributed by atoms with Crippen LogP contribution in [0.4, 0.5) is 4.39 Å². The zero-order valence-corrected chi connectivity index (χ0v) is 11.4. The SMILES string of the molecule is Cc1ccc(F)c(C(=O)NCCCN2CCCC2)c1. The van der Waals surface area contributed by atoms with Crippen molar-refractivity contribution in [2.75, 3.05) is 26.2 Å². The molecule has 19 heavy (non-hydrogen) atoms. The normalized spacial score (nSPS) is 15.7. The van der Waals surface area contributed by atoms with Crippen molar-refractivity contribution in [3.8, 4) is 0 Å². The number of hydrogen-bond donors (Lipinski definition) is 1. The van der Waals surface area contributed by atoms with Crippen LogP contribution in [0.3, 0.4) is 0 Å². The Labute approximate surface area is 113 Å². The van der Waals surface area contributed by atoms with Gasteiger partial charge in [0.1, 0.15) is 5.82 Å². The summed E-state index contributed by atoms with van der Waals surface area (Å²) in [6.07, 6.45) is 3.47. The van der Waals surface area contributed by atoms with Crippen molar-refractivity contribution in [3.63, 3.8) is 0 Å². The van der Waals surface area contributed by atoms with Crippen molar-refractivity contribution in [1.29, 1.82) is 0 Å². The highest BCUT2D eigenvalue weighted by Gasteiger charge is 2.13. The minimum atomic E-state index is -0.456. The minimum Gasteiger partial charge on any atom is -0.352 e. The molecule has 0 aliphatic carbocycles. The predicted octanol–water partition coefficient (Wildman–Crippen LogP) is 2.35. The van der Waals surface area contributed by atoms with E-state index in [9.17, 15) is 9.18 Å². The van der Waals surface area contributed by atoms with Crippen LogP contribution in [0.15, 0.2) is 18.2 Å². The van der Waals surface area contributed by atoms with Crippen LogP contribution in [0.2, 0.25) is 0 Å². The fourth-order valence-corrected chi connectivity index (χ4v) is 2.42. The number of hydrogen-bond acceptors (Lipinski definition) is 2. The molecule has 0 aromatic heterocycles. The average Bonchev–Trinajstić information content (AvgIpc) is 2.90. The molecular weight excluding hydrogens is 243 g/mol. The number of carbonyl (C=O) groups is 1. The lowest BCUT2D eigenvalue weighted by molar-refractivity contribution is 0.0948. The van der Waals surface area contributed by atoms with E-state index in [0.717, 1.165) is 18.5 Å². The van der Waals surface area contributed by atoms with E-state index in [1.807, 2.05) is 6.92 Å². The first-order chi connectivity index (χ1) is 9.16. The molecule has 3 nitrogen and oxygen atoms in total. The Balaban J connectivity index is 1.75. The summed E-state index contributed by atoms with van der Waals surface area (Å²) in [5.74, 6) is -0.773. The molecule has 1 N–H and O–H groups in total. The van der Waals surface area contributed by atoms with Crippen LogP contribution in [0, 0.1) is 12.7 Å². The number of nitrogens with zero attached hydrogens (tertiary/aromatic N) is 1. The number of likely N-dealkylation sites (tertiary alicyclic amines) is 1. The van der Waals surface area contributed by atoms with Gasteiger partial charge in [-0.05, 0) is 58.0 Å². The maximum absolute atomic E-state index is 13.5. The molecule has 0 atom stereocenters.